The van der Waals surface area contributed by atoms with Crippen molar-refractivity contribution < 1.29 is 4.74 Å². The third kappa shape index (κ3) is 3.75. The molecule has 3 nitrogen and oxygen atoms in total. The largest absolute Gasteiger partial charge is 0.374 e. The lowest BCUT2D eigenvalue weighted by atomic mass is 10.2. The van der Waals surface area contributed by atoms with Crippen LogP contribution in [0.3, 0.4) is 0 Å². The van der Waals surface area contributed by atoms with Crippen LogP contribution in [-0.2, 0) is 11.3 Å². The molecule has 1 rings (SSSR count). The summed E-state index contributed by atoms with van der Waals surface area (Å²) in [5.74, 6) is 0. The lowest BCUT2D eigenvalue weighted by Crippen LogP contribution is -2.23. The lowest BCUT2D eigenvalue weighted by Gasteiger charge is -2.05. The fraction of sp³-hybridized carbons (Fsp3) is 0.300. The highest BCUT2D eigenvalue weighted by atomic mass is 35.5. The molecule has 0 heterocycles. The van der Waals surface area contributed by atoms with E-state index in [0.29, 0.717) is 11.6 Å². The molecule has 2 N–H and O–H groups in total. The standard InChI is InChI=1S/C10H11ClN2O/c11-9-3-1-8(2-4-9)6-14-7-10(13)5-12/h1-4,10H,6-7,13H2. The Morgan fingerprint density at radius 3 is 2.64 bits per heavy atom. The summed E-state index contributed by atoms with van der Waals surface area (Å²) in [7, 11) is 0. The molecule has 0 aliphatic carbocycles. The molecule has 0 spiro atoms. The van der Waals surface area contributed by atoms with Gasteiger partial charge in [0.2, 0.25) is 0 Å². The van der Waals surface area contributed by atoms with E-state index in [0.717, 1.165) is 5.56 Å². The van der Waals surface area contributed by atoms with Crippen LogP contribution in [0.2, 0.25) is 5.02 Å². The van der Waals surface area contributed by atoms with Gasteiger partial charge in [0.1, 0.15) is 6.04 Å². The van der Waals surface area contributed by atoms with E-state index < -0.39 is 6.04 Å². The lowest BCUT2D eigenvalue weighted by molar-refractivity contribution is 0.117. The smallest absolute Gasteiger partial charge is 0.116 e. The first-order valence-electron chi connectivity index (χ1n) is 4.20. The number of hydrogen-bond acceptors (Lipinski definition) is 3. The number of hydrogen-bond donors (Lipinski definition) is 1. The molecule has 1 aromatic rings. The maximum absolute atomic E-state index is 8.40. The van der Waals surface area contributed by atoms with Gasteiger partial charge in [-0.15, -0.1) is 0 Å². The van der Waals surface area contributed by atoms with Crippen LogP contribution >= 0.6 is 11.6 Å². The van der Waals surface area contributed by atoms with E-state index in [-0.39, 0.29) is 6.61 Å². The van der Waals surface area contributed by atoms with Crippen molar-refractivity contribution >= 4 is 11.6 Å². The third-order valence-corrected chi connectivity index (χ3v) is 1.90. The van der Waals surface area contributed by atoms with Crippen LogP contribution in [0.5, 0.6) is 0 Å². The number of nitriles is 1. The highest BCUT2D eigenvalue weighted by Gasteiger charge is 1.99. The van der Waals surface area contributed by atoms with Gasteiger partial charge < -0.3 is 10.5 Å². The van der Waals surface area contributed by atoms with E-state index in [1.807, 2.05) is 18.2 Å². The number of benzene rings is 1. The molecule has 0 fully saturated rings. The molecule has 74 valence electrons. The molecular weight excluding hydrogens is 200 g/mol. The second-order valence-electron chi connectivity index (χ2n) is 2.88. The summed E-state index contributed by atoms with van der Waals surface area (Å²) >= 11 is 5.71. The molecule has 0 amide bonds. The van der Waals surface area contributed by atoms with E-state index in [1.54, 1.807) is 12.1 Å². The zero-order valence-electron chi connectivity index (χ0n) is 7.61. The number of rotatable bonds is 4. The molecule has 0 aliphatic rings. The summed E-state index contributed by atoms with van der Waals surface area (Å²) < 4.78 is 5.22. The SMILES string of the molecule is N#CC(N)COCc1ccc(Cl)cc1. The van der Waals surface area contributed by atoms with Crippen molar-refractivity contribution in [2.24, 2.45) is 5.73 Å². The van der Waals surface area contributed by atoms with Crippen molar-refractivity contribution in [2.75, 3.05) is 6.61 Å². The monoisotopic (exact) mass is 210 g/mol. The van der Waals surface area contributed by atoms with Crippen LogP contribution in [0.25, 0.3) is 0 Å². The second kappa shape index (κ2) is 5.61. The van der Waals surface area contributed by atoms with E-state index in [1.165, 1.54) is 0 Å². The predicted octanol–water partition coefficient (Wildman–Crippen LogP) is 1.71. The number of halogens is 1. The molecule has 0 saturated heterocycles. The molecule has 1 aromatic carbocycles. The van der Waals surface area contributed by atoms with E-state index in [4.69, 9.17) is 27.3 Å². The molecule has 0 saturated carbocycles. The Hall–Kier alpha value is -1.08. The molecule has 1 unspecified atom stereocenters. The average molecular weight is 211 g/mol. The minimum absolute atomic E-state index is 0.249. The van der Waals surface area contributed by atoms with Gasteiger partial charge in [0.25, 0.3) is 0 Å². The van der Waals surface area contributed by atoms with E-state index >= 15 is 0 Å². The molecule has 0 aliphatic heterocycles. The Morgan fingerprint density at radius 1 is 1.43 bits per heavy atom. The van der Waals surface area contributed by atoms with Gasteiger partial charge in [-0.3, -0.25) is 0 Å². The van der Waals surface area contributed by atoms with Gasteiger partial charge in [-0.1, -0.05) is 23.7 Å². The molecule has 4 heteroatoms. The topological polar surface area (TPSA) is 59.0 Å². The van der Waals surface area contributed by atoms with Gasteiger partial charge in [0, 0.05) is 5.02 Å². The minimum Gasteiger partial charge on any atom is -0.374 e. The first-order chi connectivity index (χ1) is 6.72. The van der Waals surface area contributed by atoms with Crippen LogP contribution < -0.4 is 5.73 Å². The summed E-state index contributed by atoms with van der Waals surface area (Å²) in [6.07, 6.45) is 0. The Kier molecular flexibility index (Phi) is 4.41. The van der Waals surface area contributed by atoms with Gasteiger partial charge in [-0.2, -0.15) is 5.26 Å². The second-order valence-corrected chi connectivity index (χ2v) is 3.31. The first-order valence-corrected chi connectivity index (χ1v) is 4.57. The molecule has 0 radical (unpaired) electrons. The number of nitrogens with zero attached hydrogens (tertiary/aromatic N) is 1. The Balaban J connectivity index is 2.32. The van der Waals surface area contributed by atoms with Crippen molar-refractivity contribution in [3.05, 3.63) is 34.9 Å². The number of nitrogens with two attached hydrogens (primary N) is 1. The fourth-order valence-electron chi connectivity index (χ4n) is 0.922. The molecule has 0 bridgehead atoms. The summed E-state index contributed by atoms with van der Waals surface area (Å²) in [6.45, 7) is 0.700. The fourth-order valence-corrected chi connectivity index (χ4v) is 1.05. The summed E-state index contributed by atoms with van der Waals surface area (Å²) in [5, 5.41) is 9.09. The van der Waals surface area contributed by atoms with Crippen LogP contribution in [0.1, 0.15) is 5.56 Å². The van der Waals surface area contributed by atoms with Crippen molar-refractivity contribution in [2.45, 2.75) is 12.6 Å². The first kappa shape index (κ1) is 11.0. The van der Waals surface area contributed by atoms with Crippen LogP contribution in [0.4, 0.5) is 0 Å². The van der Waals surface area contributed by atoms with Crippen LogP contribution in [0, 0.1) is 11.3 Å². The van der Waals surface area contributed by atoms with Crippen LogP contribution in [-0.4, -0.2) is 12.6 Å². The Morgan fingerprint density at radius 2 is 2.07 bits per heavy atom. The number of ether oxygens (including phenoxy) is 1. The van der Waals surface area contributed by atoms with E-state index in [9.17, 15) is 0 Å². The van der Waals surface area contributed by atoms with Gasteiger partial charge in [-0.05, 0) is 17.7 Å². The minimum atomic E-state index is -0.553. The van der Waals surface area contributed by atoms with Gasteiger partial charge in [0.15, 0.2) is 0 Å². The molecular formula is C10H11ClN2O. The summed E-state index contributed by atoms with van der Waals surface area (Å²) in [6, 6.07) is 8.68. The van der Waals surface area contributed by atoms with Gasteiger partial charge in [0.05, 0.1) is 19.3 Å². The van der Waals surface area contributed by atoms with Crippen molar-refractivity contribution in [1.29, 1.82) is 5.26 Å². The molecule has 1 atom stereocenters. The highest BCUT2D eigenvalue weighted by molar-refractivity contribution is 6.30. The van der Waals surface area contributed by atoms with Crippen LogP contribution in [0.15, 0.2) is 24.3 Å². The van der Waals surface area contributed by atoms with Crippen molar-refractivity contribution in [1.82, 2.24) is 0 Å². The molecule has 14 heavy (non-hydrogen) atoms. The summed E-state index contributed by atoms with van der Waals surface area (Å²) in [5.41, 5.74) is 6.37. The Labute approximate surface area is 88.0 Å². The maximum atomic E-state index is 8.40. The molecule has 0 aromatic heterocycles. The van der Waals surface area contributed by atoms with Crippen molar-refractivity contribution in [3.63, 3.8) is 0 Å². The normalized spacial score (nSPS) is 12.1. The maximum Gasteiger partial charge on any atom is 0.116 e. The quantitative estimate of drug-likeness (QED) is 0.823. The van der Waals surface area contributed by atoms with E-state index in [2.05, 4.69) is 0 Å². The van der Waals surface area contributed by atoms with Gasteiger partial charge >= 0.3 is 0 Å². The summed E-state index contributed by atoms with van der Waals surface area (Å²) in [4.78, 5) is 0. The average Bonchev–Trinajstić information content (AvgIpc) is 2.21. The third-order valence-electron chi connectivity index (χ3n) is 1.65. The van der Waals surface area contributed by atoms with Crippen molar-refractivity contribution in [3.8, 4) is 6.07 Å². The zero-order valence-corrected chi connectivity index (χ0v) is 8.37. The predicted molar refractivity (Wildman–Crippen MR) is 54.7 cm³/mol. The highest BCUT2D eigenvalue weighted by Crippen LogP contribution is 2.10. The van der Waals surface area contributed by atoms with Gasteiger partial charge in [-0.25, -0.2) is 0 Å². The Bertz CT molecular complexity index is 318. The zero-order chi connectivity index (χ0) is 10.4.